The van der Waals surface area contributed by atoms with E-state index in [1.165, 1.54) is 64.2 Å². The van der Waals surface area contributed by atoms with E-state index < -0.39 is 20.7 Å². The molecule has 0 fully saturated rings. The molecular weight excluding hydrogens is 725 g/mol. The van der Waals surface area contributed by atoms with Crippen LogP contribution in [-0.2, 0) is 6.54 Å². The second-order valence-corrected chi connectivity index (χ2v) is 15.5. The van der Waals surface area contributed by atoms with Gasteiger partial charge < -0.3 is 14.5 Å². The van der Waals surface area contributed by atoms with E-state index in [2.05, 4.69) is 161 Å². The Morgan fingerprint density at radius 3 is 2.10 bits per heavy atom. The standard InChI is InChI=1S/C45H28IN3O/c1-3-17-32-28(11-1)13-7-16-31(32)27-48-45(46-44(47-48)38-22-10-21-37-34-19-5-6-24-40(34)50-43(37)38)49-39-23-9-15-30-14-8-20-35(41(30)39)36-26-25-29-12-2-4-18-33(29)42(36)49/h1-26H,27H2. The van der Waals surface area contributed by atoms with Gasteiger partial charge in [0, 0.05) is 38.2 Å². The van der Waals surface area contributed by atoms with E-state index in [-0.39, 0.29) is 0 Å². The topological polar surface area (TPSA) is 33.5 Å². The van der Waals surface area contributed by atoms with Crippen molar-refractivity contribution >= 4 is 93.8 Å². The first kappa shape index (κ1) is 28.1. The van der Waals surface area contributed by atoms with Gasteiger partial charge in [0.05, 0.1) is 0 Å². The van der Waals surface area contributed by atoms with Crippen LogP contribution in [0.15, 0.2) is 162 Å². The van der Waals surface area contributed by atoms with E-state index in [1.54, 1.807) is 0 Å². The SMILES string of the molecule is c1ccc2c(C[N+]3=C(N4c5c(ccc6ccccc56)-c5cccc6cccc4c56)I=C(c4cccc5c4oc4ccccc45)[N-]3)cccc2c1. The third-order valence-corrected chi connectivity index (χ3v) is 13.0. The van der Waals surface area contributed by atoms with Crippen molar-refractivity contribution in [3.8, 4) is 11.1 Å². The number of fused-ring (bicyclic) bond motifs is 8. The zero-order valence-electron chi connectivity index (χ0n) is 26.8. The van der Waals surface area contributed by atoms with Gasteiger partial charge in [-0.25, -0.2) is 0 Å². The maximum atomic E-state index is 6.59. The predicted octanol–water partition coefficient (Wildman–Crippen LogP) is 12.2. The Labute approximate surface area is 298 Å². The van der Waals surface area contributed by atoms with Gasteiger partial charge in [0.15, 0.2) is 0 Å². The molecule has 0 saturated carbocycles. The fourth-order valence-corrected chi connectivity index (χ4v) is 10.8. The minimum Gasteiger partial charge on any atom is -0.492 e. The lowest BCUT2D eigenvalue weighted by atomic mass is 9.89. The molecule has 236 valence electrons. The number of amidine groups is 1. The summed E-state index contributed by atoms with van der Waals surface area (Å²) >= 11 is -0.780. The van der Waals surface area contributed by atoms with Gasteiger partial charge in [-0.3, -0.25) is 0 Å². The molecule has 3 heterocycles. The zero-order chi connectivity index (χ0) is 32.8. The molecule has 0 spiro atoms. The average Bonchev–Trinajstić information content (AvgIpc) is 3.76. The van der Waals surface area contributed by atoms with Crippen LogP contribution in [0, 0.1) is 0 Å². The van der Waals surface area contributed by atoms with E-state index in [4.69, 9.17) is 9.84 Å². The number of halogens is 1. The highest BCUT2D eigenvalue weighted by molar-refractivity contribution is 14.2. The number of hydrogen-bond acceptors (Lipinski definition) is 2. The molecule has 0 aliphatic carbocycles. The van der Waals surface area contributed by atoms with Crippen molar-refractivity contribution in [2.45, 2.75) is 6.54 Å². The molecule has 0 bridgehead atoms. The number of hydrogen-bond donors (Lipinski definition) is 0. The van der Waals surface area contributed by atoms with Crippen LogP contribution in [0.25, 0.3) is 70.8 Å². The van der Waals surface area contributed by atoms with Crippen molar-refractivity contribution in [3.63, 3.8) is 0 Å². The fourth-order valence-electron chi connectivity index (χ4n) is 7.92. The van der Waals surface area contributed by atoms with Gasteiger partial charge in [0.2, 0.25) is 0 Å². The van der Waals surface area contributed by atoms with Gasteiger partial charge in [0.25, 0.3) is 0 Å². The molecule has 8 aromatic carbocycles. The fraction of sp³-hybridized carbons (Fsp3) is 0.0222. The van der Waals surface area contributed by atoms with Gasteiger partial charge in [-0.15, -0.1) is 0 Å². The first-order valence-corrected chi connectivity index (χ1v) is 19.1. The summed E-state index contributed by atoms with van der Waals surface area (Å²) < 4.78 is 11.2. The highest BCUT2D eigenvalue weighted by atomic mass is 127. The maximum Gasteiger partial charge on any atom is 0.302 e. The third kappa shape index (κ3) is 4.10. The summed E-state index contributed by atoms with van der Waals surface area (Å²) in [5.41, 5.74) is 14.7. The first-order valence-electron chi connectivity index (χ1n) is 16.9. The maximum absolute atomic E-state index is 6.59. The minimum atomic E-state index is -0.780. The van der Waals surface area contributed by atoms with Gasteiger partial charge in [-0.2, -0.15) is 4.90 Å². The molecule has 0 N–H and O–H groups in total. The van der Waals surface area contributed by atoms with Crippen molar-refractivity contribution in [2.75, 3.05) is 4.90 Å². The van der Waals surface area contributed by atoms with Gasteiger partial charge >= 0.3 is 3.84 Å². The normalized spacial score (nSPS) is 14.0. The van der Waals surface area contributed by atoms with Crippen LogP contribution in [-0.4, -0.2) is 12.2 Å². The highest BCUT2D eigenvalue weighted by Crippen LogP contribution is 2.52. The molecule has 2 aliphatic heterocycles. The van der Waals surface area contributed by atoms with Crippen LogP contribution in [0.3, 0.4) is 0 Å². The Hall–Kier alpha value is -5.79. The zero-order valence-corrected chi connectivity index (χ0v) is 29.0. The molecular formula is C45H28IN3O. The highest BCUT2D eigenvalue weighted by Gasteiger charge is 2.37. The van der Waals surface area contributed by atoms with E-state index in [0.29, 0.717) is 6.54 Å². The molecule has 11 rings (SSSR count). The van der Waals surface area contributed by atoms with E-state index in [1.807, 2.05) is 6.07 Å². The number of nitrogens with zero attached hydrogens (tertiary/aromatic N) is 3. The number of rotatable bonds is 3. The first-order chi connectivity index (χ1) is 24.8. The average molecular weight is 754 g/mol. The molecule has 1 aromatic heterocycles. The van der Waals surface area contributed by atoms with E-state index in [0.717, 1.165) is 31.1 Å². The van der Waals surface area contributed by atoms with Crippen molar-refractivity contribution in [3.05, 3.63) is 174 Å². The van der Waals surface area contributed by atoms with Crippen LogP contribution < -0.4 is 4.90 Å². The summed E-state index contributed by atoms with van der Waals surface area (Å²) in [6.45, 7) is 0.657. The van der Waals surface area contributed by atoms with E-state index in [9.17, 15) is 0 Å². The van der Waals surface area contributed by atoms with Crippen LogP contribution in [0.5, 0.6) is 0 Å². The molecule has 0 unspecified atom stereocenters. The van der Waals surface area contributed by atoms with Crippen LogP contribution in [0.2, 0.25) is 0 Å². The Balaban J connectivity index is 1.20. The Morgan fingerprint density at radius 1 is 0.540 bits per heavy atom. The predicted molar refractivity (Wildman–Crippen MR) is 217 cm³/mol. The third-order valence-electron chi connectivity index (χ3n) is 10.1. The van der Waals surface area contributed by atoms with Crippen molar-refractivity contribution in [1.82, 2.24) is 0 Å². The summed E-state index contributed by atoms with van der Waals surface area (Å²) in [5.74, 6) is 0. The van der Waals surface area contributed by atoms with Crippen LogP contribution >= 0.6 is 20.7 Å². The molecule has 0 atom stereocenters. The number of para-hydroxylation sites is 2. The van der Waals surface area contributed by atoms with Crippen molar-refractivity contribution in [1.29, 1.82) is 0 Å². The molecule has 0 amide bonds. The van der Waals surface area contributed by atoms with Gasteiger partial charge in [-0.1, -0.05) is 143 Å². The Bertz CT molecular complexity index is 2940. The van der Waals surface area contributed by atoms with Crippen LogP contribution in [0.1, 0.15) is 11.1 Å². The second-order valence-electron chi connectivity index (χ2n) is 12.9. The smallest absolute Gasteiger partial charge is 0.302 e. The minimum absolute atomic E-state index is 0.657. The largest absolute Gasteiger partial charge is 0.492 e. The summed E-state index contributed by atoms with van der Waals surface area (Å²) in [7, 11) is 0. The molecule has 4 nitrogen and oxygen atoms in total. The lowest BCUT2D eigenvalue weighted by Gasteiger charge is -2.30. The lowest BCUT2D eigenvalue weighted by Crippen LogP contribution is -2.30. The summed E-state index contributed by atoms with van der Waals surface area (Å²) in [4.78, 5) is 2.56. The molecule has 0 radical (unpaired) electrons. The second kappa shape index (κ2) is 10.9. The molecule has 5 heteroatoms. The van der Waals surface area contributed by atoms with Crippen molar-refractivity contribution in [2.24, 2.45) is 0 Å². The lowest BCUT2D eigenvalue weighted by molar-refractivity contribution is -0.482. The van der Waals surface area contributed by atoms with Crippen molar-refractivity contribution < 1.29 is 9.10 Å². The molecule has 50 heavy (non-hydrogen) atoms. The van der Waals surface area contributed by atoms with Gasteiger partial charge in [-0.05, 0) is 66.0 Å². The number of furan rings is 1. The molecule has 2 aliphatic rings. The quantitative estimate of drug-likeness (QED) is 0.102. The monoisotopic (exact) mass is 753 g/mol. The van der Waals surface area contributed by atoms with Crippen LogP contribution in [0.4, 0.5) is 11.4 Å². The number of anilines is 2. The molecule has 0 saturated heterocycles. The Morgan fingerprint density at radius 2 is 1.20 bits per heavy atom. The molecule has 9 aromatic rings. The summed E-state index contributed by atoms with van der Waals surface area (Å²) in [5, 5.41) is 9.77. The summed E-state index contributed by atoms with van der Waals surface area (Å²) in [6.07, 6.45) is 0. The number of benzene rings is 8. The van der Waals surface area contributed by atoms with Gasteiger partial charge in [0.1, 0.15) is 29.1 Å². The van der Waals surface area contributed by atoms with E-state index >= 15 is 0 Å². The summed E-state index contributed by atoms with van der Waals surface area (Å²) in [6, 6.07) is 56.9. The Kier molecular flexibility index (Phi) is 6.10.